The minimum atomic E-state index is -0.584. The maximum Gasteiger partial charge on any atom is 0.228 e. The van der Waals surface area contributed by atoms with Gasteiger partial charge in [0.1, 0.15) is 4.60 Å². The number of pyridine rings is 1. The summed E-state index contributed by atoms with van der Waals surface area (Å²) in [5.74, 6) is -0.649. The fraction of sp³-hybridized carbons (Fsp3) is 0.333. The zero-order valence-electron chi connectivity index (χ0n) is 7.58. The zero-order chi connectivity index (χ0) is 11.0. The third-order valence-electron chi connectivity index (χ3n) is 2.16. The molecule has 6 heteroatoms. The highest BCUT2D eigenvalue weighted by molar-refractivity contribution is 9.10. The number of nitrogens with zero attached hydrogens (tertiary/aromatic N) is 2. The number of carbonyl (C=O) groups excluding carboxylic acids is 1. The molecule has 1 saturated heterocycles. The Morgan fingerprint density at radius 1 is 1.60 bits per heavy atom. The van der Waals surface area contributed by atoms with Crippen molar-refractivity contribution in [3.8, 4) is 0 Å². The van der Waals surface area contributed by atoms with Crippen molar-refractivity contribution in [1.29, 1.82) is 0 Å². The molecule has 1 aromatic heterocycles. The monoisotopic (exact) mass is 292 g/mol. The van der Waals surface area contributed by atoms with Crippen molar-refractivity contribution in [1.82, 2.24) is 4.98 Å². The summed E-state index contributed by atoms with van der Waals surface area (Å²) in [5, 5.41) is -0.186. The van der Waals surface area contributed by atoms with Gasteiger partial charge in [-0.15, -0.1) is 11.6 Å². The Balaban J connectivity index is 2.34. The van der Waals surface area contributed by atoms with Crippen molar-refractivity contribution < 1.29 is 9.18 Å². The number of rotatable bonds is 1. The summed E-state index contributed by atoms with van der Waals surface area (Å²) in [6.07, 6.45) is 0.311. The molecule has 1 aliphatic heterocycles. The van der Waals surface area contributed by atoms with Gasteiger partial charge in [-0.25, -0.2) is 4.98 Å². The number of anilines is 1. The van der Waals surface area contributed by atoms with Crippen LogP contribution in [0.5, 0.6) is 0 Å². The second-order valence-corrected chi connectivity index (χ2v) is 4.62. The van der Waals surface area contributed by atoms with Crippen LogP contribution in [0.1, 0.15) is 6.42 Å². The summed E-state index contributed by atoms with van der Waals surface area (Å²) in [4.78, 5) is 16.6. The minimum Gasteiger partial charge on any atom is -0.308 e. The second-order valence-electron chi connectivity index (χ2n) is 3.25. The highest BCUT2D eigenvalue weighted by Gasteiger charge is 2.30. The van der Waals surface area contributed by atoms with Gasteiger partial charge in [0.05, 0.1) is 11.1 Å². The molecule has 1 unspecified atom stereocenters. The first-order chi connectivity index (χ1) is 7.08. The van der Waals surface area contributed by atoms with Crippen LogP contribution in [0.3, 0.4) is 0 Å². The van der Waals surface area contributed by atoms with Crippen LogP contribution in [0, 0.1) is 5.95 Å². The average Bonchev–Trinajstić information content (AvgIpc) is 2.45. The van der Waals surface area contributed by atoms with E-state index in [-0.39, 0.29) is 11.3 Å². The fourth-order valence-corrected chi connectivity index (χ4v) is 2.29. The summed E-state index contributed by atoms with van der Waals surface area (Å²) in [6.45, 7) is 0.437. The number of aromatic nitrogens is 1. The lowest BCUT2D eigenvalue weighted by atomic mass is 10.4. The van der Waals surface area contributed by atoms with Crippen molar-refractivity contribution >= 4 is 39.1 Å². The van der Waals surface area contributed by atoms with Crippen LogP contribution < -0.4 is 4.90 Å². The maximum absolute atomic E-state index is 12.7. The number of halogens is 3. The Morgan fingerprint density at radius 2 is 2.33 bits per heavy atom. The second kappa shape index (κ2) is 4.06. The van der Waals surface area contributed by atoms with E-state index in [2.05, 4.69) is 20.9 Å². The molecule has 0 bridgehead atoms. The molecule has 1 aliphatic rings. The quantitative estimate of drug-likeness (QED) is 0.588. The van der Waals surface area contributed by atoms with Gasteiger partial charge in [0.25, 0.3) is 0 Å². The van der Waals surface area contributed by atoms with E-state index in [0.29, 0.717) is 23.3 Å². The first-order valence-electron chi connectivity index (χ1n) is 4.34. The molecule has 1 amide bonds. The predicted octanol–water partition coefficient (Wildman–Crippen LogP) is 2.33. The first-order valence-corrected chi connectivity index (χ1v) is 5.57. The molecule has 0 radical (unpaired) electrons. The predicted molar refractivity (Wildman–Crippen MR) is 58.5 cm³/mol. The van der Waals surface area contributed by atoms with Gasteiger partial charge < -0.3 is 4.90 Å². The van der Waals surface area contributed by atoms with Gasteiger partial charge in [0.15, 0.2) is 0 Å². The summed E-state index contributed by atoms with van der Waals surface area (Å²) in [5.41, 5.74) is 0.560. The lowest BCUT2D eigenvalue weighted by molar-refractivity contribution is -0.117. The molecule has 0 saturated carbocycles. The van der Waals surface area contributed by atoms with Crippen molar-refractivity contribution in [3.05, 3.63) is 22.7 Å². The SMILES string of the molecule is O=C1CC(Cl)CN1c1ccc(F)nc1Br. The minimum absolute atomic E-state index is 0.0656. The van der Waals surface area contributed by atoms with E-state index in [4.69, 9.17) is 11.6 Å². The van der Waals surface area contributed by atoms with Crippen molar-refractivity contribution in [3.63, 3.8) is 0 Å². The molecule has 0 aromatic carbocycles. The van der Waals surface area contributed by atoms with E-state index < -0.39 is 5.95 Å². The highest BCUT2D eigenvalue weighted by Crippen LogP contribution is 2.29. The van der Waals surface area contributed by atoms with Gasteiger partial charge in [-0.1, -0.05) is 0 Å². The molecule has 0 N–H and O–H groups in total. The average molecular weight is 294 g/mol. The molecule has 2 heterocycles. The van der Waals surface area contributed by atoms with Crippen LogP contribution >= 0.6 is 27.5 Å². The summed E-state index contributed by atoms with van der Waals surface area (Å²) >= 11 is 8.98. The maximum atomic E-state index is 12.7. The molecule has 0 aliphatic carbocycles. The molecule has 15 heavy (non-hydrogen) atoms. The standard InChI is InChI=1S/C9H7BrClFN2O/c10-9-6(1-2-7(12)13-9)14-4-5(11)3-8(14)15/h1-2,5H,3-4H2. The fourth-order valence-electron chi connectivity index (χ4n) is 1.50. The molecule has 80 valence electrons. The van der Waals surface area contributed by atoms with Crippen molar-refractivity contribution in [2.24, 2.45) is 0 Å². The lowest BCUT2D eigenvalue weighted by Crippen LogP contribution is -2.25. The summed E-state index contributed by atoms with van der Waals surface area (Å²) in [6, 6.07) is 2.73. The van der Waals surface area contributed by atoms with E-state index in [0.717, 1.165) is 0 Å². The molecule has 2 rings (SSSR count). The molecule has 1 fully saturated rings. The Kier molecular flexibility index (Phi) is 2.93. The summed E-state index contributed by atoms with van der Waals surface area (Å²) < 4.78 is 13.1. The van der Waals surface area contributed by atoms with Gasteiger partial charge >= 0.3 is 0 Å². The van der Waals surface area contributed by atoms with Crippen LogP contribution in [0.4, 0.5) is 10.1 Å². The Bertz CT molecular complexity index is 415. The molecule has 1 aromatic rings. The van der Waals surface area contributed by atoms with E-state index in [1.165, 1.54) is 17.0 Å². The normalized spacial score (nSPS) is 21.1. The van der Waals surface area contributed by atoms with E-state index in [9.17, 15) is 9.18 Å². The zero-order valence-corrected chi connectivity index (χ0v) is 9.92. The van der Waals surface area contributed by atoms with Crippen LogP contribution in [0.2, 0.25) is 0 Å². The molecule has 1 atom stereocenters. The van der Waals surface area contributed by atoms with Crippen LogP contribution in [-0.2, 0) is 4.79 Å². The topological polar surface area (TPSA) is 33.2 Å². The number of amides is 1. The Labute approximate surface area is 99.4 Å². The number of hydrogen-bond acceptors (Lipinski definition) is 2. The van der Waals surface area contributed by atoms with Gasteiger partial charge in [-0.3, -0.25) is 4.79 Å². The van der Waals surface area contributed by atoms with Gasteiger partial charge in [-0.05, 0) is 28.1 Å². The third-order valence-corrected chi connectivity index (χ3v) is 3.04. The molecular formula is C9H7BrClFN2O. The van der Waals surface area contributed by atoms with Gasteiger partial charge in [0, 0.05) is 13.0 Å². The number of hydrogen-bond donors (Lipinski definition) is 0. The molecule has 3 nitrogen and oxygen atoms in total. The van der Waals surface area contributed by atoms with Gasteiger partial charge in [0.2, 0.25) is 11.9 Å². The number of alkyl halides is 1. The van der Waals surface area contributed by atoms with Crippen molar-refractivity contribution in [2.45, 2.75) is 11.8 Å². The Hall–Kier alpha value is -0.680. The van der Waals surface area contributed by atoms with E-state index >= 15 is 0 Å². The lowest BCUT2D eigenvalue weighted by Gasteiger charge is -2.16. The van der Waals surface area contributed by atoms with E-state index in [1.807, 2.05) is 0 Å². The molecule has 0 spiro atoms. The van der Waals surface area contributed by atoms with Crippen LogP contribution in [0.25, 0.3) is 0 Å². The van der Waals surface area contributed by atoms with Crippen LogP contribution in [0.15, 0.2) is 16.7 Å². The first kappa shape index (κ1) is 10.8. The third kappa shape index (κ3) is 2.13. The van der Waals surface area contributed by atoms with Crippen LogP contribution in [-0.4, -0.2) is 22.8 Å². The number of carbonyl (C=O) groups is 1. The molecular weight excluding hydrogens is 286 g/mol. The summed E-state index contributed by atoms with van der Waals surface area (Å²) in [7, 11) is 0. The smallest absolute Gasteiger partial charge is 0.228 e. The van der Waals surface area contributed by atoms with Gasteiger partial charge in [-0.2, -0.15) is 4.39 Å². The Morgan fingerprint density at radius 3 is 2.87 bits per heavy atom. The van der Waals surface area contributed by atoms with E-state index in [1.54, 1.807) is 0 Å². The van der Waals surface area contributed by atoms with Crippen molar-refractivity contribution in [2.75, 3.05) is 11.4 Å². The highest BCUT2D eigenvalue weighted by atomic mass is 79.9. The largest absolute Gasteiger partial charge is 0.308 e.